The highest BCUT2D eigenvalue weighted by Crippen LogP contribution is 2.28. The van der Waals surface area contributed by atoms with Crippen LogP contribution in [0.15, 0.2) is 21.7 Å². The zero-order valence-corrected chi connectivity index (χ0v) is 12.3. The Bertz CT molecular complexity index is 681. The van der Waals surface area contributed by atoms with E-state index in [4.69, 9.17) is 0 Å². The van der Waals surface area contributed by atoms with Gasteiger partial charge in [0.25, 0.3) is 0 Å². The zero-order chi connectivity index (χ0) is 14.6. The molecule has 0 spiro atoms. The van der Waals surface area contributed by atoms with E-state index in [0.29, 0.717) is 30.7 Å². The number of fused-ring (bicyclic) bond motifs is 1. The summed E-state index contributed by atoms with van der Waals surface area (Å²) >= 11 is 0. The number of rotatable bonds is 7. The van der Waals surface area contributed by atoms with Crippen LogP contribution in [0.25, 0.3) is 11.0 Å². The van der Waals surface area contributed by atoms with Crippen LogP contribution in [-0.4, -0.2) is 31.8 Å². The number of benzene rings is 1. The molecule has 110 valence electrons. The molecule has 1 aromatic carbocycles. The van der Waals surface area contributed by atoms with Gasteiger partial charge < -0.3 is 5.32 Å². The summed E-state index contributed by atoms with van der Waals surface area (Å²) in [6, 6.07) is 3.37. The Morgan fingerprint density at radius 3 is 2.60 bits per heavy atom. The molecule has 0 saturated heterocycles. The van der Waals surface area contributed by atoms with Crippen LogP contribution >= 0.6 is 0 Å². The second-order valence-corrected chi connectivity index (χ2v) is 6.10. The third kappa shape index (κ3) is 2.91. The number of hydrogen-bond acceptors (Lipinski definition) is 6. The van der Waals surface area contributed by atoms with Gasteiger partial charge in [0.05, 0.1) is 5.69 Å². The third-order valence-electron chi connectivity index (χ3n) is 2.76. The highest BCUT2D eigenvalue weighted by atomic mass is 32.2. The summed E-state index contributed by atoms with van der Waals surface area (Å²) in [5, 5.41) is 10.5. The van der Waals surface area contributed by atoms with E-state index in [0.717, 1.165) is 6.42 Å². The molecule has 0 radical (unpaired) electrons. The molecule has 7 nitrogen and oxygen atoms in total. The van der Waals surface area contributed by atoms with E-state index in [-0.39, 0.29) is 10.4 Å². The lowest BCUT2D eigenvalue weighted by Gasteiger charge is -2.12. The van der Waals surface area contributed by atoms with Crippen LogP contribution in [0.3, 0.4) is 0 Å². The van der Waals surface area contributed by atoms with Crippen molar-refractivity contribution in [2.24, 2.45) is 0 Å². The van der Waals surface area contributed by atoms with Crippen molar-refractivity contribution >= 4 is 26.7 Å². The van der Waals surface area contributed by atoms with Crippen molar-refractivity contribution in [3.8, 4) is 0 Å². The molecule has 1 heterocycles. The molecule has 8 heteroatoms. The maximum Gasteiger partial charge on any atom is 0.244 e. The van der Waals surface area contributed by atoms with Crippen molar-refractivity contribution in [3.05, 3.63) is 12.1 Å². The fourth-order valence-corrected chi connectivity index (χ4v) is 3.25. The molecule has 0 fully saturated rings. The van der Waals surface area contributed by atoms with Crippen LogP contribution in [0.2, 0.25) is 0 Å². The van der Waals surface area contributed by atoms with Crippen LogP contribution in [0.4, 0.5) is 5.69 Å². The summed E-state index contributed by atoms with van der Waals surface area (Å²) in [6.07, 6.45) is 1.60. The lowest BCUT2D eigenvalue weighted by atomic mass is 10.2. The summed E-state index contributed by atoms with van der Waals surface area (Å²) < 4.78 is 32.0. The maximum absolute atomic E-state index is 12.4. The Morgan fingerprint density at radius 2 is 1.90 bits per heavy atom. The molecule has 2 N–H and O–H groups in total. The Labute approximate surface area is 117 Å². The van der Waals surface area contributed by atoms with Crippen molar-refractivity contribution in [1.82, 2.24) is 15.0 Å². The van der Waals surface area contributed by atoms with Crippen molar-refractivity contribution in [2.45, 2.75) is 31.6 Å². The molecule has 0 aliphatic carbocycles. The summed E-state index contributed by atoms with van der Waals surface area (Å²) in [4.78, 5) is 0.0955. The van der Waals surface area contributed by atoms with E-state index in [1.807, 2.05) is 13.8 Å². The number of aromatic nitrogens is 2. The Balaban J connectivity index is 2.54. The van der Waals surface area contributed by atoms with Gasteiger partial charge in [-0.2, -0.15) is 0 Å². The number of hydrogen-bond donors (Lipinski definition) is 2. The first-order valence-electron chi connectivity index (χ1n) is 6.59. The van der Waals surface area contributed by atoms with Gasteiger partial charge in [0.2, 0.25) is 10.0 Å². The van der Waals surface area contributed by atoms with Gasteiger partial charge in [-0.15, -0.1) is 0 Å². The zero-order valence-electron chi connectivity index (χ0n) is 11.5. The quantitative estimate of drug-likeness (QED) is 0.808. The molecule has 20 heavy (non-hydrogen) atoms. The van der Waals surface area contributed by atoms with Gasteiger partial charge in [0.1, 0.15) is 10.4 Å². The average Bonchev–Trinajstić information content (AvgIpc) is 2.90. The van der Waals surface area contributed by atoms with Gasteiger partial charge in [-0.3, -0.25) is 0 Å². The topological polar surface area (TPSA) is 97.1 Å². The number of sulfonamides is 1. The smallest absolute Gasteiger partial charge is 0.244 e. The Hall–Kier alpha value is -1.67. The van der Waals surface area contributed by atoms with Gasteiger partial charge in [0.15, 0.2) is 5.52 Å². The Kier molecular flexibility index (Phi) is 4.56. The molecule has 1 aromatic heterocycles. The van der Waals surface area contributed by atoms with Crippen molar-refractivity contribution in [3.63, 3.8) is 0 Å². The summed E-state index contributed by atoms with van der Waals surface area (Å²) in [7, 11) is -3.66. The van der Waals surface area contributed by atoms with Gasteiger partial charge in [-0.25, -0.2) is 17.8 Å². The molecule has 0 aliphatic rings. The Morgan fingerprint density at radius 1 is 1.15 bits per heavy atom. The molecule has 2 aromatic rings. The van der Waals surface area contributed by atoms with Gasteiger partial charge in [-0.05, 0) is 35.3 Å². The first-order valence-corrected chi connectivity index (χ1v) is 8.07. The number of nitrogens with one attached hydrogen (secondary N) is 2. The number of anilines is 1. The minimum atomic E-state index is -3.66. The fourth-order valence-electron chi connectivity index (χ4n) is 1.81. The summed E-state index contributed by atoms with van der Waals surface area (Å²) in [6.45, 7) is 4.95. The largest absolute Gasteiger partial charge is 0.384 e. The summed E-state index contributed by atoms with van der Waals surface area (Å²) in [5.41, 5.74) is 1.18. The van der Waals surface area contributed by atoms with E-state index < -0.39 is 10.0 Å². The molecule has 2 rings (SSSR count). The van der Waals surface area contributed by atoms with Gasteiger partial charge in [-0.1, -0.05) is 13.8 Å². The van der Waals surface area contributed by atoms with E-state index in [1.165, 1.54) is 0 Å². The second kappa shape index (κ2) is 6.19. The first kappa shape index (κ1) is 14.7. The van der Waals surface area contributed by atoms with Crippen molar-refractivity contribution < 1.29 is 13.0 Å². The van der Waals surface area contributed by atoms with Crippen LogP contribution in [0.1, 0.15) is 26.7 Å². The van der Waals surface area contributed by atoms with Gasteiger partial charge >= 0.3 is 0 Å². The van der Waals surface area contributed by atoms with Crippen LogP contribution < -0.4 is 10.0 Å². The SMILES string of the molecule is CCCNc1ccc2nonc2c1S(=O)(=O)NCCC. The lowest BCUT2D eigenvalue weighted by Crippen LogP contribution is -2.25. The molecule has 0 bridgehead atoms. The molecule has 0 unspecified atom stereocenters. The van der Waals surface area contributed by atoms with Gasteiger partial charge in [0, 0.05) is 13.1 Å². The second-order valence-electron chi connectivity index (χ2n) is 4.40. The summed E-state index contributed by atoms with van der Waals surface area (Å²) in [5.74, 6) is 0. The van der Waals surface area contributed by atoms with E-state index >= 15 is 0 Å². The minimum absolute atomic E-state index is 0.0955. The highest BCUT2D eigenvalue weighted by Gasteiger charge is 2.24. The predicted molar refractivity (Wildman–Crippen MR) is 76.1 cm³/mol. The van der Waals surface area contributed by atoms with E-state index in [2.05, 4.69) is 25.0 Å². The molecular formula is C12H18N4O3S. The average molecular weight is 298 g/mol. The lowest BCUT2D eigenvalue weighted by molar-refractivity contribution is 0.315. The molecule has 0 amide bonds. The number of nitrogens with zero attached hydrogens (tertiary/aromatic N) is 2. The minimum Gasteiger partial charge on any atom is -0.384 e. The van der Waals surface area contributed by atoms with E-state index in [1.54, 1.807) is 12.1 Å². The van der Waals surface area contributed by atoms with E-state index in [9.17, 15) is 8.42 Å². The predicted octanol–water partition coefficient (Wildman–Crippen LogP) is 1.73. The fraction of sp³-hybridized carbons (Fsp3) is 0.500. The molecule has 0 aliphatic heterocycles. The molecule has 0 atom stereocenters. The monoisotopic (exact) mass is 298 g/mol. The molecule has 0 saturated carbocycles. The third-order valence-corrected chi connectivity index (χ3v) is 4.29. The first-order chi connectivity index (χ1) is 9.60. The highest BCUT2D eigenvalue weighted by molar-refractivity contribution is 7.89. The standard InChI is InChI=1S/C12H18N4O3S/c1-3-7-13-10-6-5-9-11(16-19-15-9)12(10)20(17,18)14-8-4-2/h5-6,13-14H,3-4,7-8H2,1-2H3. The van der Waals surface area contributed by atoms with Crippen LogP contribution in [0, 0.1) is 0 Å². The van der Waals surface area contributed by atoms with Crippen LogP contribution in [0.5, 0.6) is 0 Å². The normalized spacial score (nSPS) is 11.9. The van der Waals surface area contributed by atoms with Crippen LogP contribution in [-0.2, 0) is 10.0 Å². The van der Waals surface area contributed by atoms with Crippen molar-refractivity contribution in [1.29, 1.82) is 0 Å². The maximum atomic E-state index is 12.4. The van der Waals surface area contributed by atoms with Crippen molar-refractivity contribution in [2.75, 3.05) is 18.4 Å². The molecular weight excluding hydrogens is 280 g/mol.